The second-order valence-electron chi connectivity index (χ2n) is 5.79. The van der Waals surface area contributed by atoms with Gasteiger partial charge in [0.1, 0.15) is 5.75 Å². The summed E-state index contributed by atoms with van der Waals surface area (Å²) in [5, 5.41) is 7.66. The van der Waals surface area contributed by atoms with Crippen LogP contribution in [0.25, 0.3) is 0 Å². The first-order chi connectivity index (χ1) is 10.2. The summed E-state index contributed by atoms with van der Waals surface area (Å²) in [6.07, 6.45) is 2.81. The predicted octanol–water partition coefficient (Wildman–Crippen LogP) is 3.51. The fourth-order valence-electron chi connectivity index (χ4n) is 2.37. The first-order valence-electron chi connectivity index (χ1n) is 7.45. The third-order valence-electron chi connectivity index (χ3n) is 3.68. The Morgan fingerprint density at radius 2 is 1.95 bits per heavy atom. The molecule has 1 fully saturated rings. The minimum absolute atomic E-state index is 0.136. The molecule has 1 aromatic carbocycles. The van der Waals surface area contributed by atoms with Crippen LogP contribution in [0.3, 0.4) is 0 Å². The van der Waals surface area contributed by atoms with Crippen LogP contribution in [0.15, 0.2) is 24.3 Å². The Balaban J connectivity index is 1.83. The predicted molar refractivity (Wildman–Crippen MR) is 85.0 cm³/mol. The van der Waals surface area contributed by atoms with Crippen LogP contribution in [0.1, 0.15) is 54.8 Å². The highest BCUT2D eigenvalue weighted by Crippen LogP contribution is 2.32. The molecule has 4 nitrogen and oxygen atoms in total. The minimum atomic E-state index is 0.136. The van der Waals surface area contributed by atoms with E-state index in [1.807, 2.05) is 7.05 Å². The number of hydrogen-bond acceptors (Lipinski definition) is 5. The Morgan fingerprint density at radius 3 is 2.52 bits per heavy atom. The van der Waals surface area contributed by atoms with E-state index >= 15 is 0 Å². The zero-order valence-electron chi connectivity index (χ0n) is 12.7. The molecule has 3 rings (SSSR count). The van der Waals surface area contributed by atoms with E-state index in [9.17, 15) is 0 Å². The van der Waals surface area contributed by atoms with Gasteiger partial charge < -0.3 is 10.1 Å². The normalized spacial score (nSPS) is 16.2. The van der Waals surface area contributed by atoms with Crippen LogP contribution in [0, 0.1) is 0 Å². The van der Waals surface area contributed by atoms with Gasteiger partial charge in [-0.25, -0.2) is 0 Å². The molecule has 1 unspecified atom stereocenters. The summed E-state index contributed by atoms with van der Waals surface area (Å²) in [5.41, 5.74) is 2.30. The van der Waals surface area contributed by atoms with Crippen LogP contribution in [0.4, 0.5) is 0 Å². The fourth-order valence-corrected chi connectivity index (χ4v) is 3.32. The lowest BCUT2D eigenvalue weighted by atomic mass is 10.0. The molecule has 112 valence electrons. The molecular weight excluding hydrogens is 282 g/mol. The Morgan fingerprint density at radius 1 is 1.24 bits per heavy atom. The standard InChI is InChI=1S/C16H21N3OS/c1-10(2)14-16(21-19-18-14)15(17-3)11-4-6-12(7-5-11)20-13-8-9-13/h4-7,10,13,15,17H,8-9H2,1-3H3. The Bertz CT molecular complexity index is 590. The van der Waals surface area contributed by atoms with Gasteiger partial charge in [0.25, 0.3) is 0 Å². The Hall–Kier alpha value is -1.46. The van der Waals surface area contributed by atoms with Gasteiger partial charge in [-0.05, 0) is 55.0 Å². The van der Waals surface area contributed by atoms with Crippen LogP contribution in [-0.4, -0.2) is 22.7 Å². The molecule has 0 spiro atoms. The summed E-state index contributed by atoms with van der Waals surface area (Å²) in [4.78, 5) is 1.20. The van der Waals surface area contributed by atoms with E-state index in [-0.39, 0.29) is 6.04 Å². The van der Waals surface area contributed by atoms with Gasteiger partial charge in [0, 0.05) is 0 Å². The Labute approximate surface area is 129 Å². The molecule has 5 heteroatoms. The first-order valence-corrected chi connectivity index (χ1v) is 8.22. The maximum Gasteiger partial charge on any atom is 0.119 e. The Kier molecular flexibility index (Phi) is 4.22. The van der Waals surface area contributed by atoms with Crippen molar-refractivity contribution >= 4 is 11.5 Å². The quantitative estimate of drug-likeness (QED) is 0.887. The highest BCUT2D eigenvalue weighted by Gasteiger charge is 2.24. The van der Waals surface area contributed by atoms with Gasteiger partial charge in [-0.3, -0.25) is 0 Å². The number of benzene rings is 1. The summed E-state index contributed by atoms with van der Waals surface area (Å²) in [7, 11) is 1.98. The topological polar surface area (TPSA) is 47.0 Å². The highest BCUT2D eigenvalue weighted by molar-refractivity contribution is 7.05. The molecule has 0 radical (unpaired) electrons. The third kappa shape index (κ3) is 3.24. The number of rotatable bonds is 6. The fraction of sp³-hybridized carbons (Fsp3) is 0.500. The average molecular weight is 303 g/mol. The van der Waals surface area contributed by atoms with Gasteiger partial charge in [-0.1, -0.05) is 30.5 Å². The average Bonchev–Trinajstić information content (AvgIpc) is 3.15. The van der Waals surface area contributed by atoms with Crippen LogP contribution in [-0.2, 0) is 0 Å². The number of nitrogens with one attached hydrogen (secondary N) is 1. The van der Waals surface area contributed by atoms with Gasteiger partial charge in [0.2, 0.25) is 0 Å². The largest absolute Gasteiger partial charge is 0.490 e. The number of ether oxygens (including phenoxy) is 1. The van der Waals surface area contributed by atoms with Crippen molar-refractivity contribution in [1.82, 2.24) is 14.9 Å². The van der Waals surface area contributed by atoms with E-state index in [0.29, 0.717) is 12.0 Å². The van der Waals surface area contributed by atoms with E-state index in [4.69, 9.17) is 4.74 Å². The molecule has 2 aromatic rings. The van der Waals surface area contributed by atoms with Gasteiger partial charge in [0.05, 0.1) is 22.7 Å². The molecule has 1 N–H and O–H groups in total. The van der Waals surface area contributed by atoms with Crippen LogP contribution < -0.4 is 10.1 Å². The lowest BCUT2D eigenvalue weighted by molar-refractivity contribution is 0.303. The number of hydrogen-bond donors (Lipinski definition) is 1. The van der Waals surface area contributed by atoms with E-state index in [0.717, 1.165) is 11.4 Å². The summed E-state index contributed by atoms with van der Waals surface area (Å²) in [6, 6.07) is 8.51. The monoisotopic (exact) mass is 303 g/mol. The molecule has 21 heavy (non-hydrogen) atoms. The van der Waals surface area contributed by atoms with Crippen LogP contribution >= 0.6 is 11.5 Å². The maximum absolute atomic E-state index is 5.80. The van der Waals surface area contributed by atoms with Gasteiger partial charge in [0.15, 0.2) is 0 Å². The smallest absolute Gasteiger partial charge is 0.119 e. The van der Waals surface area contributed by atoms with Crippen molar-refractivity contribution in [1.29, 1.82) is 0 Å². The summed E-state index contributed by atoms with van der Waals surface area (Å²) < 4.78 is 9.93. The van der Waals surface area contributed by atoms with Crippen molar-refractivity contribution in [3.63, 3.8) is 0 Å². The summed E-state index contributed by atoms with van der Waals surface area (Å²) in [6.45, 7) is 4.30. The third-order valence-corrected chi connectivity index (χ3v) is 4.48. The van der Waals surface area contributed by atoms with Crippen molar-refractivity contribution in [3.05, 3.63) is 40.4 Å². The van der Waals surface area contributed by atoms with Crippen molar-refractivity contribution in [2.24, 2.45) is 0 Å². The molecule has 1 aromatic heterocycles. The maximum atomic E-state index is 5.80. The lowest BCUT2D eigenvalue weighted by Gasteiger charge is -2.17. The van der Waals surface area contributed by atoms with E-state index < -0.39 is 0 Å². The molecule has 1 heterocycles. The lowest BCUT2D eigenvalue weighted by Crippen LogP contribution is -2.18. The van der Waals surface area contributed by atoms with Crippen LogP contribution in [0.2, 0.25) is 0 Å². The zero-order chi connectivity index (χ0) is 14.8. The highest BCUT2D eigenvalue weighted by atomic mass is 32.1. The van der Waals surface area contributed by atoms with Crippen molar-refractivity contribution in [3.8, 4) is 5.75 Å². The molecule has 1 aliphatic rings. The summed E-state index contributed by atoms with van der Waals surface area (Å²) >= 11 is 1.48. The second kappa shape index (κ2) is 6.12. The van der Waals surface area contributed by atoms with Crippen molar-refractivity contribution < 1.29 is 4.74 Å². The molecular formula is C16H21N3OS. The minimum Gasteiger partial charge on any atom is -0.490 e. The second-order valence-corrected chi connectivity index (χ2v) is 6.57. The van der Waals surface area contributed by atoms with Gasteiger partial charge in [-0.15, -0.1) is 5.10 Å². The van der Waals surface area contributed by atoms with Crippen molar-refractivity contribution in [2.75, 3.05) is 7.05 Å². The molecule has 1 aliphatic carbocycles. The molecule has 0 bridgehead atoms. The summed E-state index contributed by atoms with van der Waals surface area (Å²) in [5.74, 6) is 1.34. The number of nitrogens with zero attached hydrogens (tertiary/aromatic N) is 2. The molecule has 1 atom stereocenters. The number of aromatic nitrogens is 2. The molecule has 0 amide bonds. The molecule has 0 saturated heterocycles. The van der Waals surface area contributed by atoms with E-state index in [1.165, 1.54) is 34.8 Å². The van der Waals surface area contributed by atoms with Crippen LogP contribution in [0.5, 0.6) is 5.75 Å². The van der Waals surface area contributed by atoms with E-state index in [1.54, 1.807) is 0 Å². The SMILES string of the molecule is CNC(c1ccc(OC2CC2)cc1)c1snnc1C(C)C. The molecule has 0 aliphatic heterocycles. The van der Waals surface area contributed by atoms with Crippen molar-refractivity contribution in [2.45, 2.75) is 44.8 Å². The molecule has 1 saturated carbocycles. The van der Waals surface area contributed by atoms with Gasteiger partial charge in [-0.2, -0.15) is 0 Å². The zero-order valence-corrected chi connectivity index (χ0v) is 13.5. The van der Waals surface area contributed by atoms with Gasteiger partial charge >= 0.3 is 0 Å². The van der Waals surface area contributed by atoms with E-state index in [2.05, 4.69) is 53.0 Å². The first kappa shape index (κ1) is 14.5.